The van der Waals surface area contributed by atoms with E-state index >= 15 is 0 Å². The molecule has 0 amide bonds. The van der Waals surface area contributed by atoms with Gasteiger partial charge in [0.1, 0.15) is 11.5 Å². The highest BCUT2D eigenvalue weighted by atomic mass is 16.3. The number of aliphatic hydroxyl groups excluding tert-OH is 1. The molecule has 1 N–H and O–H groups in total. The largest absolute Gasteiger partial charge is 0.461 e. The Labute approximate surface area is 187 Å². The van der Waals surface area contributed by atoms with Gasteiger partial charge in [0.2, 0.25) is 0 Å². The normalized spacial score (nSPS) is 22.4. The Morgan fingerprint density at radius 3 is 2.48 bits per heavy atom. The molecule has 2 aliphatic rings. The second-order valence-electron chi connectivity index (χ2n) is 9.57. The summed E-state index contributed by atoms with van der Waals surface area (Å²) in [6.07, 6.45) is 3.36. The van der Waals surface area contributed by atoms with Crippen LogP contribution in [0.15, 0.2) is 40.8 Å². The van der Waals surface area contributed by atoms with E-state index in [4.69, 9.17) is 4.42 Å². The number of piperidine rings is 1. The number of hydrogen-bond donors (Lipinski definition) is 1. The van der Waals surface area contributed by atoms with E-state index < -0.39 is 0 Å². The number of hydrogen-bond acceptors (Lipinski definition) is 5. The zero-order valence-corrected chi connectivity index (χ0v) is 19.5. The summed E-state index contributed by atoms with van der Waals surface area (Å²) in [6.45, 7) is 13.4. The maximum Gasteiger partial charge on any atom is 0.134 e. The molecule has 4 rings (SSSR count). The lowest BCUT2D eigenvalue weighted by atomic mass is 9.97. The van der Waals surface area contributed by atoms with Crippen molar-refractivity contribution >= 4 is 0 Å². The van der Waals surface area contributed by atoms with Crippen molar-refractivity contribution in [2.45, 2.75) is 64.7 Å². The van der Waals surface area contributed by atoms with E-state index in [-0.39, 0.29) is 6.61 Å². The molecule has 3 heterocycles. The van der Waals surface area contributed by atoms with Gasteiger partial charge >= 0.3 is 0 Å². The van der Waals surface area contributed by atoms with E-state index in [1.165, 1.54) is 37.1 Å². The predicted octanol–water partition coefficient (Wildman–Crippen LogP) is 4.00. The Kier molecular flexibility index (Phi) is 7.49. The fraction of sp³-hybridized carbons (Fsp3) is 0.615. The van der Waals surface area contributed by atoms with Crippen LogP contribution in [0.2, 0.25) is 0 Å². The molecule has 1 aromatic carbocycles. The maximum absolute atomic E-state index is 9.75. The van der Waals surface area contributed by atoms with Gasteiger partial charge in [0.25, 0.3) is 0 Å². The molecule has 1 atom stereocenters. The lowest BCUT2D eigenvalue weighted by Crippen LogP contribution is -2.58. The Morgan fingerprint density at radius 2 is 1.81 bits per heavy atom. The van der Waals surface area contributed by atoms with Crippen LogP contribution in [0.25, 0.3) is 11.3 Å². The molecule has 0 unspecified atom stereocenters. The Balaban J connectivity index is 1.42. The molecule has 0 saturated carbocycles. The molecule has 2 fully saturated rings. The van der Waals surface area contributed by atoms with E-state index in [0.29, 0.717) is 18.1 Å². The summed E-state index contributed by atoms with van der Waals surface area (Å²) < 4.78 is 5.92. The van der Waals surface area contributed by atoms with Gasteiger partial charge < -0.3 is 14.4 Å². The van der Waals surface area contributed by atoms with Crippen LogP contribution in [0.5, 0.6) is 0 Å². The molecule has 0 bridgehead atoms. The first-order valence-corrected chi connectivity index (χ1v) is 12.0. The van der Waals surface area contributed by atoms with Crippen LogP contribution in [-0.2, 0) is 6.54 Å². The highest BCUT2D eigenvalue weighted by molar-refractivity contribution is 5.62. The third-order valence-corrected chi connectivity index (χ3v) is 7.19. The average molecular weight is 426 g/mol. The van der Waals surface area contributed by atoms with E-state index in [1.807, 2.05) is 13.0 Å². The molecule has 31 heavy (non-hydrogen) atoms. The SMILES string of the molecule is Cc1ccc(-c2ccccc2CN2CCN(C3CCN(C(C)C)CC3)[C@H](CCO)C2)o1. The fourth-order valence-corrected chi connectivity index (χ4v) is 5.42. The average Bonchev–Trinajstić information content (AvgIpc) is 3.21. The molecule has 2 aromatic rings. The minimum atomic E-state index is 0.266. The predicted molar refractivity (Wildman–Crippen MR) is 126 cm³/mol. The number of benzene rings is 1. The van der Waals surface area contributed by atoms with E-state index in [1.54, 1.807) is 0 Å². The van der Waals surface area contributed by atoms with E-state index in [0.717, 1.165) is 44.1 Å². The third kappa shape index (κ3) is 5.40. The molecule has 170 valence electrons. The molecule has 2 saturated heterocycles. The van der Waals surface area contributed by atoms with Gasteiger partial charge in [-0.3, -0.25) is 9.80 Å². The highest BCUT2D eigenvalue weighted by Gasteiger charge is 2.34. The van der Waals surface area contributed by atoms with Crippen LogP contribution in [0, 0.1) is 6.92 Å². The van der Waals surface area contributed by atoms with Gasteiger partial charge in [-0.15, -0.1) is 0 Å². The van der Waals surface area contributed by atoms with Crippen molar-refractivity contribution < 1.29 is 9.52 Å². The Hall–Kier alpha value is -1.66. The molecule has 5 heteroatoms. The molecular weight excluding hydrogens is 386 g/mol. The summed E-state index contributed by atoms with van der Waals surface area (Å²) in [4.78, 5) is 7.88. The summed E-state index contributed by atoms with van der Waals surface area (Å²) in [5.41, 5.74) is 2.51. The first-order chi connectivity index (χ1) is 15.0. The molecular formula is C26H39N3O2. The first-order valence-electron chi connectivity index (χ1n) is 12.0. The van der Waals surface area contributed by atoms with Crippen molar-refractivity contribution in [2.75, 3.05) is 39.3 Å². The topological polar surface area (TPSA) is 43.1 Å². The number of furan rings is 1. The maximum atomic E-state index is 9.75. The zero-order valence-electron chi connectivity index (χ0n) is 19.5. The summed E-state index contributed by atoms with van der Waals surface area (Å²) in [7, 11) is 0. The van der Waals surface area contributed by atoms with Crippen LogP contribution in [0.1, 0.15) is 44.4 Å². The molecule has 0 spiro atoms. The Morgan fingerprint density at radius 1 is 1.03 bits per heavy atom. The standard InChI is InChI=1S/C26H39N3O2/c1-20(2)28-13-10-23(11-14-28)29-16-15-27(19-24(29)12-17-30)18-22-6-4-5-7-25(22)26-9-8-21(3)31-26/h4-9,20,23-24,30H,10-19H2,1-3H3/t24-/m1/s1. The van der Waals surface area contributed by atoms with Crippen molar-refractivity contribution in [1.29, 1.82) is 0 Å². The molecule has 2 aliphatic heterocycles. The van der Waals surface area contributed by atoms with Gasteiger partial charge in [0.05, 0.1) is 0 Å². The summed E-state index contributed by atoms with van der Waals surface area (Å²) in [5.74, 6) is 1.90. The van der Waals surface area contributed by atoms with Gasteiger partial charge in [0, 0.05) is 56.5 Å². The van der Waals surface area contributed by atoms with Crippen molar-refractivity contribution in [3.8, 4) is 11.3 Å². The summed E-state index contributed by atoms with van der Waals surface area (Å²) in [6, 6.07) is 14.4. The van der Waals surface area contributed by atoms with Crippen molar-refractivity contribution in [2.24, 2.45) is 0 Å². The van der Waals surface area contributed by atoms with Gasteiger partial charge in [-0.1, -0.05) is 24.3 Å². The minimum Gasteiger partial charge on any atom is -0.461 e. The lowest BCUT2D eigenvalue weighted by Gasteiger charge is -2.48. The molecule has 0 radical (unpaired) electrons. The molecule has 1 aromatic heterocycles. The summed E-state index contributed by atoms with van der Waals surface area (Å²) >= 11 is 0. The smallest absolute Gasteiger partial charge is 0.134 e. The van der Waals surface area contributed by atoms with E-state index in [2.05, 4.69) is 58.9 Å². The number of piperazine rings is 1. The minimum absolute atomic E-state index is 0.266. The quantitative estimate of drug-likeness (QED) is 0.726. The van der Waals surface area contributed by atoms with Gasteiger partial charge in [-0.25, -0.2) is 0 Å². The first kappa shape index (κ1) is 22.5. The van der Waals surface area contributed by atoms with Crippen LogP contribution >= 0.6 is 0 Å². The fourth-order valence-electron chi connectivity index (χ4n) is 5.42. The second kappa shape index (κ2) is 10.3. The number of aliphatic hydroxyl groups is 1. The molecule has 5 nitrogen and oxygen atoms in total. The molecule has 0 aliphatic carbocycles. The van der Waals surface area contributed by atoms with E-state index in [9.17, 15) is 5.11 Å². The van der Waals surface area contributed by atoms with Crippen molar-refractivity contribution in [3.05, 3.63) is 47.7 Å². The number of likely N-dealkylation sites (tertiary alicyclic amines) is 1. The van der Waals surface area contributed by atoms with Crippen LogP contribution < -0.4 is 0 Å². The van der Waals surface area contributed by atoms with Crippen LogP contribution in [-0.4, -0.2) is 77.3 Å². The second-order valence-corrected chi connectivity index (χ2v) is 9.57. The lowest BCUT2D eigenvalue weighted by molar-refractivity contribution is 0.00000343. The number of aryl methyl sites for hydroxylation is 1. The van der Waals surface area contributed by atoms with Gasteiger partial charge in [-0.05, 0) is 70.8 Å². The third-order valence-electron chi connectivity index (χ3n) is 7.19. The highest BCUT2D eigenvalue weighted by Crippen LogP contribution is 2.29. The number of rotatable bonds is 7. The Bertz CT molecular complexity index is 826. The van der Waals surface area contributed by atoms with Crippen molar-refractivity contribution in [1.82, 2.24) is 14.7 Å². The van der Waals surface area contributed by atoms with Crippen molar-refractivity contribution in [3.63, 3.8) is 0 Å². The zero-order chi connectivity index (χ0) is 21.8. The van der Waals surface area contributed by atoms with Crippen LogP contribution in [0.3, 0.4) is 0 Å². The summed E-state index contributed by atoms with van der Waals surface area (Å²) in [5, 5.41) is 9.75. The monoisotopic (exact) mass is 425 g/mol. The number of nitrogens with zero attached hydrogens (tertiary/aromatic N) is 3. The van der Waals surface area contributed by atoms with Crippen LogP contribution in [0.4, 0.5) is 0 Å². The van der Waals surface area contributed by atoms with Gasteiger partial charge in [-0.2, -0.15) is 0 Å². The van der Waals surface area contributed by atoms with Gasteiger partial charge in [0.15, 0.2) is 0 Å².